The summed E-state index contributed by atoms with van der Waals surface area (Å²) < 4.78 is 0. The molecule has 0 saturated carbocycles. The molecule has 1 aromatic rings. The summed E-state index contributed by atoms with van der Waals surface area (Å²) in [7, 11) is 1.56. The van der Waals surface area contributed by atoms with Gasteiger partial charge in [0.15, 0.2) is 0 Å². The number of carbonyl (C=O) groups is 2. The van der Waals surface area contributed by atoms with Gasteiger partial charge >= 0.3 is 0 Å². The number of nitrogens with one attached hydrogen (secondary N) is 1. The lowest BCUT2D eigenvalue weighted by Gasteiger charge is -1.98. The lowest BCUT2D eigenvalue weighted by Crippen LogP contribution is -2.17. The van der Waals surface area contributed by atoms with E-state index in [0.717, 1.165) is 0 Å². The Morgan fingerprint density at radius 1 is 1.27 bits per heavy atom. The predicted octanol–water partition coefficient (Wildman–Crippen LogP) is -0.117. The van der Waals surface area contributed by atoms with Crippen molar-refractivity contribution in [3.05, 3.63) is 35.4 Å². The van der Waals surface area contributed by atoms with Crippen LogP contribution >= 0.6 is 0 Å². The summed E-state index contributed by atoms with van der Waals surface area (Å²) in [4.78, 5) is 21.5. The first-order valence-corrected chi connectivity index (χ1v) is 4.27. The van der Waals surface area contributed by atoms with Gasteiger partial charge in [0.2, 0.25) is 0 Å². The van der Waals surface area contributed by atoms with Crippen molar-refractivity contribution in [1.29, 1.82) is 0 Å². The fourth-order valence-electron chi connectivity index (χ4n) is 0.983. The van der Waals surface area contributed by atoms with Crippen LogP contribution in [0.25, 0.3) is 0 Å². The minimum absolute atomic E-state index is 0.163. The van der Waals surface area contributed by atoms with E-state index in [0.29, 0.717) is 11.1 Å². The van der Waals surface area contributed by atoms with Gasteiger partial charge in [0, 0.05) is 18.2 Å². The van der Waals surface area contributed by atoms with Crippen LogP contribution in [-0.4, -0.2) is 18.9 Å². The van der Waals surface area contributed by atoms with Crippen molar-refractivity contribution in [3.63, 3.8) is 0 Å². The maximum absolute atomic E-state index is 11.2. The van der Waals surface area contributed by atoms with Crippen LogP contribution in [0, 0.1) is 11.8 Å². The lowest BCUT2D eigenvalue weighted by atomic mass is 10.1. The summed E-state index contributed by atoms with van der Waals surface area (Å²) in [5.74, 6) is 3.95. The van der Waals surface area contributed by atoms with E-state index in [4.69, 9.17) is 5.73 Å². The van der Waals surface area contributed by atoms with Crippen molar-refractivity contribution in [2.45, 2.75) is 0 Å². The van der Waals surface area contributed by atoms with Crippen LogP contribution in [0.3, 0.4) is 0 Å². The summed E-state index contributed by atoms with van der Waals surface area (Å²) in [5.41, 5.74) is 6.05. The molecule has 0 fully saturated rings. The number of amides is 2. The Kier molecular flexibility index (Phi) is 3.47. The number of carbonyl (C=O) groups excluding carboxylic acids is 2. The number of hydrogen-bond acceptors (Lipinski definition) is 2. The van der Waals surface area contributed by atoms with E-state index >= 15 is 0 Å². The second-order valence-corrected chi connectivity index (χ2v) is 2.77. The largest absolute Gasteiger partial charge is 0.359 e. The van der Waals surface area contributed by atoms with Crippen molar-refractivity contribution < 1.29 is 9.59 Å². The molecule has 0 spiro atoms. The quantitative estimate of drug-likeness (QED) is 0.623. The summed E-state index contributed by atoms with van der Waals surface area (Å²) in [5, 5.41) is 2.50. The van der Waals surface area contributed by atoms with E-state index in [2.05, 4.69) is 17.2 Å². The maximum atomic E-state index is 11.2. The van der Waals surface area contributed by atoms with Gasteiger partial charge in [-0.3, -0.25) is 9.59 Å². The van der Waals surface area contributed by atoms with Crippen molar-refractivity contribution >= 4 is 11.8 Å². The fraction of sp³-hybridized carbons (Fsp3) is 0.0909. The molecular weight excluding hydrogens is 192 g/mol. The Morgan fingerprint density at radius 3 is 2.33 bits per heavy atom. The molecule has 0 bridgehead atoms. The van der Waals surface area contributed by atoms with Crippen molar-refractivity contribution in [2.75, 3.05) is 7.05 Å². The Morgan fingerprint density at radius 2 is 1.87 bits per heavy atom. The number of nitrogens with two attached hydrogens (primary N) is 1. The number of hydrogen-bond donors (Lipinski definition) is 2. The standard InChI is InChI=1S/C11H10N2O2/c1-13-11(15)9-5-2-8(3-6-9)4-7-10(12)14/h2-3,5-6H,1H3,(H2,12,14)(H,13,15). The van der Waals surface area contributed by atoms with Gasteiger partial charge in [0.1, 0.15) is 0 Å². The van der Waals surface area contributed by atoms with Crippen LogP contribution in [-0.2, 0) is 4.79 Å². The van der Waals surface area contributed by atoms with Gasteiger partial charge in [0.05, 0.1) is 0 Å². The first-order chi connectivity index (χ1) is 7.13. The molecular formula is C11H10N2O2. The Bertz CT molecular complexity index is 438. The molecule has 0 heterocycles. The Labute approximate surface area is 87.5 Å². The smallest absolute Gasteiger partial charge is 0.293 e. The van der Waals surface area contributed by atoms with Gasteiger partial charge in [0.25, 0.3) is 11.8 Å². The topological polar surface area (TPSA) is 72.2 Å². The van der Waals surface area contributed by atoms with Crippen molar-refractivity contribution in [3.8, 4) is 11.8 Å². The second kappa shape index (κ2) is 4.82. The average molecular weight is 202 g/mol. The summed E-state index contributed by atoms with van der Waals surface area (Å²) in [6, 6.07) is 6.56. The zero-order chi connectivity index (χ0) is 11.3. The lowest BCUT2D eigenvalue weighted by molar-refractivity contribution is -0.112. The summed E-state index contributed by atoms with van der Waals surface area (Å²) in [6.45, 7) is 0. The highest BCUT2D eigenvalue weighted by Crippen LogP contribution is 2.02. The molecule has 0 aliphatic heterocycles. The average Bonchev–Trinajstić information content (AvgIpc) is 2.26. The van der Waals surface area contributed by atoms with Crippen LogP contribution in [0.4, 0.5) is 0 Å². The van der Waals surface area contributed by atoms with Crippen LogP contribution in [0.5, 0.6) is 0 Å². The van der Waals surface area contributed by atoms with E-state index < -0.39 is 5.91 Å². The summed E-state index contributed by atoms with van der Waals surface area (Å²) >= 11 is 0. The second-order valence-electron chi connectivity index (χ2n) is 2.77. The van der Waals surface area contributed by atoms with E-state index in [1.807, 2.05) is 0 Å². The molecule has 0 atom stereocenters. The Hall–Kier alpha value is -2.28. The highest BCUT2D eigenvalue weighted by atomic mass is 16.1. The van der Waals surface area contributed by atoms with Gasteiger partial charge in [-0.1, -0.05) is 5.92 Å². The minimum atomic E-state index is -0.676. The van der Waals surface area contributed by atoms with Gasteiger partial charge < -0.3 is 11.1 Å². The molecule has 4 nitrogen and oxygen atoms in total. The first-order valence-electron chi connectivity index (χ1n) is 4.27. The van der Waals surface area contributed by atoms with Crippen molar-refractivity contribution in [2.24, 2.45) is 5.73 Å². The molecule has 3 N–H and O–H groups in total. The van der Waals surface area contributed by atoms with Gasteiger partial charge in [-0.15, -0.1) is 0 Å². The molecule has 76 valence electrons. The molecule has 4 heteroatoms. The maximum Gasteiger partial charge on any atom is 0.293 e. The number of rotatable bonds is 1. The Balaban J connectivity index is 2.87. The fourth-order valence-corrected chi connectivity index (χ4v) is 0.983. The molecule has 2 amide bonds. The number of primary amides is 1. The van der Waals surface area contributed by atoms with Gasteiger partial charge in [-0.2, -0.15) is 0 Å². The first kappa shape index (κ1) is 10.8. The summed E-state index contributed by atoms with van der Waals surface area (Å²) in [6.07, 6.45) is 0. The van der Waals surface area contributed by atoms with Crippen LogP contribution in [0.1, 0.15) is 15.9 Å². The minimum Gasteiger partial charge on any atom is -0.359 e. The van der Waals surface area contributed by atoms with Gasteiger partial charge in [-0.25, -0.2) is 0 Å². The van der Waals surface area contributed by atoms with E-state index in [1.54, 1.807) is 31.3 Å². The SMILES string of the molecule is CNC(=O)c1ccc(C#CC(N)=O)cc1. The van der Waals surface area contributed by atoms with E-state index in [-0.39, 0.29) is 5.91 Å². The van der Waals surface area contributed by atoms with E-state index in [9.17, 15) is 9.59 Å². The molecule has 0 aliphatic carbocycles. The molecule has 0 unspecified atom stereocenters. The van der Waals surface area contributed by atoms with E-state index in [1.165, 1.54) is 0 Å². The zero-order valence-corrected chi connectivity index (χ0v) is 8.20. The third kappa shape index (κ3) is 3.16. The third-order valence-corrected chi connectivity index (χ3v) is 1.70. The van der Waals surface area contributed by atoms with Gasteiger partial charge in [-0.05, 0) is 30.2 Å². The molecule has 0 saturated heterocycles. The third-order valence-electron chi connectivity index (χ3n) is 1.70. The monoisotopic (exact) mass is 202 g/mol. The molecule has 0 aliphatic rings. The number of benzene rings is 1. The predicted molar refractivity (Wildman–Crippen MR) is 55.9 cm³/mol. The molecule has 1 rings (SSSR count). The van der Waals surface area contributed by atoms with Crippen LogP contribution in [0.15, 0.2) is 24.3 Å². The van der Waals surface area contributed by atoms with Crippen LogP contribution < -0.4 is 11.1 Å². The van der Waals surface area contributed by atoms with Crippen molar-refractivity contribution in [1.82, 2.24) is 5.32 Å². The molecule has 0 aromatic heterocycles. The highest BCUT2D eigenvalue weighted by Gasteiger charge is 2.00. The molecule has 1 aromatic carbocycles. The zero-order valence-electron chi connectivity index (χ0n) is 8.20. The normalized spacial score (nSPS) is 8.60. The molecule has 0 radical (unpaired) electrons. The highest BCUT2D eigenvalue weighted by molar-refractivity contribution is 5.94. The van der Waals surface area contributed by atoms with Crippen LogP contribution in [0.2, 0.25) is 0 Å². The molecule has 15 heavy (non-hydrogen) atoms.